The van der Waals surface area contributed by atoms with Crippen molar-refractivity contribution in [3.63, 3.8) is 0 Å². The Bertz CT molecular complexity index is 334. The van der Waals surface area contributed by atoms with E-state index >= 15 is 0 Å². The highest BCUT2D eigenvalue weighted by molar-refractivity contribution is 7.80. The molecule has 0 spiro atoms. The van der Waals surface area contributed by atoms with E-state index < -0.39 is 0 Å². The molecule has 2 N–H and O–H groups in total. The summed E-state index contributed by atoms with van der Waals surface area (Å²) in [5.74, 6) is 0. The van der Waals surface area contributed by atoms with Gasteiger partial charge in [0.05, 0.1) is 0 Å². The lowest BCUT2D eigenvalue weighted by Gasteiger charge is -2.08. The highest BCUT2D eigenvalue weighted by Crippen LogP contribution is 2.11. The summed E-state index contributed by atoms with van der Waals surface area (Å²) >= 11 is 10.2. The van der Waals surface area contributed by atoms with Gasteiger partial charge in [0.25, 0.3) is 0 Å². The first kappa shape index (κ1) is 13.1. The molecule has 0 heterocycles. The maximum atomic E-state index is 5.21. The second-order valence-electron chi connectivity index (χ2n) is 3.47. The molecule has 0 fully saturated rings. The van der Waals surface area contributed by atoms with Gasteiger partial charge in [-0.25, -0.2) is 0 Å². The fourth-order valence-corrected chi connectivity index (χ4v) is 1.54. The predicted molar refractivity (Wildman–Crippen MR) is 78.3 cm³/mol. The van der Waals surface area contributed by atoms with Crippen molar-refractivity contribution < 1.29 is 0 Å². The van der Waals surface area contributed by atoms with E-state index in [2.05, 4.69) is 29.7 Å². The summed E-state index contributed by atoms with van der Waals surface area (Å²) in [6.07, 6.45) is 1.84. The molecule has 0 unspecified atom stereocenters. The van der Waals surface area contributed by atoms with Crippen LogP contribution in [0, 0.1) is 0 Å². The minimum Gasteiger partial charge on any atom is -0.366 e. The average Bonchev–Trinajstić information content (AvgIpc) is 2.31. The lowest BCUT2D eigenvalue weighted by Crippen LogP contribution is -2.24. The molecule has 1 aromatic rings. The van der Waals surface area contributed by atoms with Crippen molar-refractivity contribution in [2.75, 3.05) is 12.4 Å². The van der Waals surface area contributed by atoms with Crippen LogP contribution in [-0.2, 0) is 6.42 Å². The van der Waals surface area contributed by atoms with Crippen molar-refractivity contribution in [3.8, 4) is 0 Å². The van der Waals surface area contributed by atoms with Crippen molar-refractivity contribution in [2.45, 2.75) is 19.8 Å². The summed E-state index contributed by atoms with van der Waals surface area (Å²) in [4.78, 5) is 1.09. The van der Waals surface area contributed by atoms with E-state index in [0.717, 1.165) is 23.4 Å². The van der Waals surface area contributed by atoms with Crippen molar-refractivity contribution in [3.05, 3.63) is 29.8 Å². The van der Waals surface area contributed by atoms with Crippen LogP contribution in [0.5, 0.6) is 0 Å². The maximum Gasteiger partial charge on any atom is 0.170 e. The monoisotopic (exact) mass is 252 g/mol. The molecular weight excluding hydrogens is 236 g/mol. The molecule has 0 bridgehead atoms. The van der Waals surface area contributed by atoms with Gasteiger partial charge in [-0.05, 0) is 41.2 Å². The average molecular weight is 252 g/mol. The van der Waals surface area contributed by atoms with Crippen LogP contribution in [0.25, 0.3) is 0 Å². The van der Waals surface area contributed by atoms with Crippen LogP contribution in [0.3, 0.4) is 0 Å². The zero-order chi connectivity index (χ0) is 12.0. The lowest BCUT2D eigenvalue weighted by atomic mass is 10.1. The fourth-order valence-electron chi connectivity index (χ4n) is 1.25. The normalized spacial score (nSPS) is 9.62. The summed E-state index contributed by atoms with van der Waals surface area (Å²) in [7, 11) is 1.80. The van der Waals surface area contributed by atoms with E-state index in [0.29, 0.717) is 5.11 Å². The molecule has 0 saturated heterocycles. The third-order valence-electron chi connectivity index (χ3n) is 2.23. The smallest absolute Gasteiger partial charge is 0.170 e. The topological polar surface area (TPSA) is 24.1 Å². The number of rotatable bonds is 4. The summed E-state index contributed by atoms with van der Waals surface area (Å²) in [6, 6.07) is 8.17. The van der Waals surface area contributed by atoms with E-state index in [1.54, 1.807) is 7.05 Å². The lowest BCUT2D eigenvalue weighted by molar-refractivity contribution is 1.19. The Balaban J connectivity index is 2.60. The third kappa shape index (κ3) is 4.24. The Morgan fingerprint density at radius 1 is 1.19 bits per heavy atom. The Kier molecular flexibility index (Phi) is 5.35. The molecule has 4 heteroatoms. The molecule has 86 valence electrons. The van der Waals surface area contributed by atoms with Gasteiger partial charge in [-0.15, -0.1) is 0 Å². The fraction of sp³-hybridized carbons (Fsp3) is 0.333. The van der Waals surface area contributed by atoms with E-state index in [4.69, 9.17) is 24.4 Å². The molecule has 0 aliphatic heterocycles. The van der Waals surface area contributed by atoms with Crippen molar-refractivity contribution >= 4 is 40.1 Å². The van der Waals surface area contributed by atoms with Gasteiger partial charge in [0, 0.05) is 19.2 Å². The summed E-state index contributed by atoms with van der Waals surface area (Å²) in [5.41, 5.74) is 2.23. The Hall–Kier alpha value is -1.00. The Morgan fingerprint density at radius 2 is 1.81 bits per heavy atom. The zero-order valence-electron chi connectivity index (χ0n) is 9.54. The van der Waals surface area contributed by atoms with Crippen LogP contribution in [0.2, 0.25) is 0 Å². The summed E-state index contributed by atoms with van der Waals surface area (Å²) < 4.78 is 0. The number of thiocarbonyl (C=S) groups is 2. The van der Waals surface area contributed by atoms with Crippen molar-refractivity contribution in [1.82, 2.24) is 5.32 Å². The number of nitrogens with one attached hydrogen (secondary N) is 2. The van der Waals surface area contributed by atoms with Gasteiger partial charge in [-0.2, -0.15) is 0 Å². The van der Waals surface area contributed by atoms with Gasteiger partial charge in [-0.1, -0.05) is 31.3 Å². The predicted octanol–water partition coefficient (Wildman–Crippen LogP) is 2.93. The largest absolute Gasteiger partial charge is 0.366 e. The minimum absolute atomic E-state index is 0.622. The maximum absolute atomic E-state index is 5.21. The number of anilines is 1. The number of hydrogen-bond acceptors (Lipinski definition) is 2. The van der Waals surface area contributed by atoms with Crippen LogP contribution in [0.1, 0.15) is 18.9 Å². The molecule has 0 aliphatic rings. The van der Waals surface area contributed by atoms with Gasteiger partial charge >= 0.3 is 0 Å². The third-order valence-corrected chi connectivity index (χ3v) is 2.97. The van der Waals surface area contributed by atoms with E-state index in [1.807, 2.05) is 12.1 Å². The van der Waals surface area contributed by atoms with E-state index in [1.165, 1.54) is 5.56 Å². The first-order valence-electron chi connectivity index (χ1n) is 5.25. The van der Waals surface area contributed by atoms with Gasteiger partial charge in [0.15, 0.2) is 5.11 Å². The molecule has 0 radical (unpaired) electrons. The second-order valence-corrected chi connectivity index (χ2v) is 4.46. The van der Waals surface area contributed by atoms with Crippen molar-refractivity contribution in [2.24, 2.45) is 0 Å². The first-order chi connectivity index (χ1) is 7.65. The molecule has 1 rings (SSSR count). The molecule has 2 nitrogen and oxygen atoms in total. The SMILES string of the molecule is CCC(=S)Cc1ccc(NC(=S)NC)cc1. The highest BCUT2D eigenvalue weighted by Gasteiger charge is 1.98. The Morgan fingerprint density at radius 3 is 2.31 bits per heavy atom. The quantitative estimate of drug-likeness (QED) is 0.805. The minimum atomic E-state index is 0.622. The molecule has 0 atom stereocenters. The molecule has 1 aromatic carbocycles. The van der Waals surface area contributed by atoms with Crippen molar-refractivity contribution in [1.29, 1.82) is 0 Å². The van der Waals surface area contributed by atoms with Crippen LogP contribution >= 0.6 is 24.4 Å². The molecule has 0 aliphatic carbocycles. The summed E-state index contributed by atoms with van der Waals surface area (Å²) in [5, 5.41) is 6.56. The zero-order valence-corrected chi connectivity index (χ0v) is 11.2. The molecular formula is C12H16N2S2. The van der Waals surface area contributed by atoms with E-state index in [9.17, 15) is 0 Å². The van der Waals surface area contributed by atoms with Gasteiger partial charge in [0.1, 0.15) is 0 Å². The van der Waals surface area contributed by atoms with Gasteiger partial charge < -0.3 is 10.6 Å². The number of hydrogen-bond donors (Lipinski definition) is 2. The highest BCUT2D eigenvalue weighted by atomic mass is 32.1. The molecule has 0 saturated carbocycles. The van der Waals surface area contributed by atoms with Crippen LogP contribution < -0.4 is 10.6 Å². The molecule has 16 heavy (non-hydrogen) atoms. The number of benzene rings is 1. The molecule has 0 amide bonds. The van der Waals surface area contributed by atoms with Crippen LogP contribution in [0.4, 0.5) is 5.69 Å². The Labute approximate surface area is 107 Å². The van der Waals surface area contributed by atoms with E-state index in [-0.39, 0.29) is 0 Å². The first-order valence-corrected chi connectivity index (χ1v) is 6.06. The summed E-state index contributed by atoms with van der Waals surface area (Å²) in [6.45, 7) is 2.09. The molecule has 0 aromatic heterocycles. The van der Waals surface area contributed by atoms with Gasteiger partial charge in [-0.3, -0.25) is 0 Å². The second kappa shape index (κ2) is 6.55. The standard InChI is InChI=1S/C12H16N2S2/c1-3-11(15)8-9-4-6-10(7-5-9)14-12(16)13-2/h4-7H,3,8H2,1-2H3,(H2,13,14,16). The van der Waals surface area contributed by atoms with Crippen LogP contribution in [0.15, 0.2) is 24.3 Å². The van der Waals surface area contributed by atoms with Gasteiger partial charge in [0.2, 0.25) is 0 Å². The van der Waals surface area contributed by atoms with Crippen LogP contribution in [-0.4, -0.2) is 17.0 Å².